The first kappa shape index (κ1) is 18.1. The largest absolute Gasteiger partial charge is 0.481 e. The molecular weight excluding hydrogens is 442 g/mol. The first-order valence-electron chi connectivity index (χ1n) is 5.66. The van der Waals surface area contributed by atoms with Crippen molar-refractivity contribution in [3.8, 4) is 0 Å². The Labute approximate surface area is 140 Å². The molecule has 2 nitrogen and oxygen atoms in total. The first-order chi connectivity index (χ1) is 9.52. The fourth-order valence-electron chi connectivity index (χ4n) is 2.27. The van der Waals surface area contributed by atoms with Gasteiger partial charge < -0.3 is 5.11 Å². The Hall–Kier alpha value is -0.250. The van der Waals surface area contributed by atoms with Gasteiger partial charge >= 0.3 is 16.2 Å². The molecule has 1 aliphatic rings. The average Bonchev–Trinajstić information content (AvgIpc) is 2.74. The van der Waals surface area contributed by atoms with E-state index in [2.05, 4.69) is 15.9 Å². The minimum atomic E-state index is -9.86. The zero-order chi connectivity index (χ0) is 17.2. The van der Waals surface area contributed by atoms with Crippen LogP contribution >= 0.6 is 49.4 Å². The van der Waals surface area contributed by atoms with Crippen molar-refractivity contribution in [2.45, 2.75) is 21.6 Å². The molecule has 1 aliphatic carbocycles. The number of hydrogen-bond acceptors (Lipinski definition) is 1. The molecule has 1 aromatic rings. The Balaban J connectivity index is 2.48. The van der Waals surface area contributed by atoms with Gasteiger partial charge in [0.1, 0.15) is 9.23 Å². The maximum Gasteiger partial charge on any atom is 0.310 e. The Kier molecular flexibility index (Phi) is 3.64. The molecule has 0 aliphatic heterocycles. The van der Waals surface area contributed by atoms with E-state index in [-0.39, 0.29) is 22.2 Å². The van der Waals surface area contributed by atoms with Crippen LogP contribution in [-0.4, -0.2) is 15.4 Å². The first-order valence-corrected chi connectivity index (χ1v) is 9.16. The SMILES string of the molecule is O=C(O)CC1C(c2cc(Br)cc(S(F)(F)(F)(F)F)c2)C1(Cl)Cl. The van der Waals surface area contributed by atoms with Crippen LogP contribution in [0, 0.1) is 5.92 Å². The fourth-order valence-corrected chi connectivity index (χ4v) is 4.48. The molecule has 0 amide bonds. The van der Waals surface area contributed by atoms with Crippen molar-refractivity contribution in [3.63, 3.8) is 0 Å². The standard InChI is InChI=1S/C11H8BrCl2F5O2S/c12-6-1-5(2-7(3-6)22(15,16,17,18)19)10-8(4-9(20)21)11(10,13)14/h1-3,8,10H,4H2,(H,20,21). The molecule has 2 unspecified atom stereocenters. The van der Waals surface area contributed by atoms with Crippen molar-refractivity contribution in [1.29, 1.82) is 0 Å². The number of benzene rings is 1. The summed E-state index contributed by atoms with van der Waals surface area (Å²) in [5, 5.41) is 8.72. The number of halogens is 8. The molecule has 0 aromatic heterocycles. The van der Waals surface area contributed by atoms with Crippen molar-refractivity contribution < 1.29 is 29.3 Å². The molecule has 0 radical (unpaired) electrons. The van der Waals surface area contributed by atoms with Gasteiger partial charge in [-0.1, -0.05) is 35.4 Å². The molecule has 1 saturated carbocycles. The Morgan fingerprint density at radius 1 is 1.23 bits per heavy atom. The molecule has 126 valence electrons. The maximum atomic E-state index is 12.9. The van der Waals surface area contributed by atoms with Gasteiger partial charge in [0.25, 0.3) is 0 Å². The molecule has 1 aromatic carbocycles. The predicted octanol–water partition coefficient (Wildman–Crippen LogP) is 6.47. The van der Waals surface area contributed by atoms with Gasteiger partial charge in [-0.25, -0.2) is 0 Å². The highest BCUT2D eigenvalue weighted by Gasteiger charge is 2.67. The summed E-state index contributed by atoms with van der Waals surface area (Å²) in [7, 11) is -9.86. The molecule has 0 heterocycles. The fraction of sp³-hybridized carbons (Fsp3) is 0.364. The molecule has 0 bridgehead atoms. The van der Waals surface area contributed by atoms with Crippen molar-refractivity contribution in [3.05, 3.63) is 28.2 Å². The molecule has 0 spiro atoms. The summed E-state index contributed by atoms with van der Waals surface area (Å²) >= 11 is 14.5. The summed E-state index contributed by atoms with van der Waals surface area (Å²) in [4.78, 5) is 8.61. The van der Waals surface area contributed by atoms with Crippen LogP contribution in [0.2, 0.25) is 0 Å². The summed E-state index contributed by atoms with van der Waals surface area (Å²) in [6.45, 7) is 0. The quantitative estimate of drug-likeness (QED) is 0.422. The third-order valence-corrected chi connectivity index (χ3v) is 5.91. The number of alkyl halides is 2. The van der Waals surface area contributed by atoms with Crippen LogP contribution in [-0.2, 0) is 4.79 Å². The number of carboxylic acid groups (broad SMARTS) is 1. The summed E-state index contributed by atoms with van der Waals surface area (Å²) in [6, 6.07) is 1.71. The third-order valence-electron chi connectivity index (χ3n) is 3.29. The van der Waals surface area contributed by atoms with E-state index in [9.17, 15) is 24.2 Å². The lowest BCUT2D eigenvalue weighted by Crippen LogP contribution is -2.07. The van der Waals surface area contributed by atoms with Gasteiger partial charge in [-0.05, 0) is 23.8 Å². The number of aliphatic carboxylic acids is 1. The molecule has 0 saturated heterocycles. The molecule has 11 heteroatoms. The van der Waals surface area contributed by atoms with Crippen molar-refractivity contribution in [1.82, 2.24) is 0 Å². The van der Waals surface area contributed by atoms with Gasteiger partial charge in [-0.3, -0.25) is 4.79 Å². The highest BCUT2D eigenvalue weighted by molar-refractivity contribution is 9.10. The zero-order valence-corrected chi connectivity index (χ0v) is 14.3. The smallest absolute Gasteiger partial charge is 0.310 e. The van der Waals surface area contributed by atoms with Crippen LogP contribution in [0.25, 0.3) is 0 Å². The second-order valence-corrected chi connectivity index (χ2v) is 9.82. The second kappa shape index (κ2) is 4.43. The number of carbonyl (C=O) groups is 1. The topological polar surface area (TPSA) is 37.3 Å². The van der Waals surface area contributed by atoms with Gasteiger partial charge in [-0.2, -0.15) is 0 Å². The number of carboxylic acids is 1. The lowest BCUT2D eigenvalue weighted by molar-refractivity contribution is -0.137. The van der Waals surface area contributed by atoms with Crippen LogP contribution in [0.15, 0.2) is 27.6 Å². The monoisotopic (exact) mass is 448 g/mol. The van der Waals surface area contributed by atoms with Gasteiger partial charge in [-0.15, -0.1) is 23.2 Å². The summed E-state index contributed by atoms with van der Waals surface area (Å²) in [5.41, 5.74) is -0.186. The van der Waals surface area contributed by atoms with E-state index in [0.717, 1.165) is 0 Å². The zero-order valence-electron chi connectivity index (χ0n) is 10.4. The predicted molar refractivity (Wildman–Crippen MR) is 78.5 cm³/mol. The van der Waals surface area contributed by atoms with Gasteiger partial charge in [0.05, 0.1) is 6.42 Å². The highest BCUT2D eigenvalue weighted by atomic mass is 79.9. The number of rotatable bonds is 4. The van der Waals surface area contributed by atoms with Crippen molar-refractivity contribution in [2.24, 2.45) is 5.92 Å². The van der Waals surface area contributed by atoms with E-state index in [0.29, 0.717) is 0 Å². The third kappa shape index (κ3) is 3.63. The normalized spacial score (nSPS) is 26.9. The van der Waals surface area contributed by atoms with E-state index in [1.54, 1.807) is 0 Å². The average molecular weight is 450 g/mol. The Bertz CT molecular complexity index is 664. The van der Waals surface area contributed by atoms with Crippen LogP contribution in [0.3, 0.4) is 0 Å². The Morgan fingerprint density at radius 3 is 2.23 bits per heavy atom. The lowest BCUT2D eigenvalue weighted by atomic mass is 10.1. The van der Waals surface area contributed by atoms with Gasteiger partial charge in [0, 0.05) is 16.3 Å². The van der Waals surface area contributed by atoms with Crippen LogP contribution in [0.4, 0.5) is 19.4 Å². The molecular formula is C11H8BrCl2F5O2S. The molecule has 1 fully saturated rings. The Morgan fingerprint density at radius 2 is 1.77 bits per heavy atom. The molecule has 22 heavy (non-hydrogen) atoms. The second-order valence-electron chi connectivity index (χ2n) is 5.05. The van der Waals surface area contributed by atoms with Gasteiger partial charge in [0.15, 0.2) is 0 Å². The molecule has 2 rings (SSSR count). The van der Waals surface area contributed by atoms with Gasteiger partial charge in [0.2, 0.25) is 0 Å². The van der Waals surface area contributed by atoms with Crippen molar-refractivity contribution in [2.75, 3.05) is 0 Å². The van der Waals surface area contributed by atoms with E-state index in [4.69, 9.17) is 28.3 Å². The van der Waals surface area contributed by atoms with E-state index in [1.165, 1.54) is 6.07 Å². The summed E-state index contributed by atoms with van der Waals surface area (Å²) in [6.07, 6.45) is -0.476. The summed E-state index contributed by atoms with van der Waals surface area (Å²) < 4.78 is 62.7. The minimum absolute atomic E-state index is 0.186. The lowest BCUT2D eigenvalue weighted by Gasteiger charge is -2.40. The highest BCUT2D eigenvalue weighted by Crippen LogP contribution is 3.02. The minimum Gasteiger partial charge on any atom is -0.481 e. The molecule has 2 atom stereocenters. The van der Waals surface area contributed by atoms with Crippen molar-refractivity contribution >= 4 is 55.3 Å². The van der Waals surface area contributed by atoms with E-state index >= 15 is 0 Å². The summed E-state index contributed by atoms with van der Waals surface area (Å²) in [5.74, 6) is -3.06. The number of hydrogen-bond donors (Lipinski definition) is 1. The van der Waals surface area contributed by atoms with Crippen LogP contribution < -0.4 is 0 Å². The van der Waals surface area contributed by atoms with E-state index in [1.807, 2.05) is 0 Å². The molecule has 1 N–H and O–H groups in total. The van der Waals surface area contributed by atoms with Crippen LogP contribution in [0.1, 0.15) is 17.9 Å². The maximum absolute atomic E-state index is 12.9. The van der Waals surface area contributed by atoms with Crippen LogP contribution in [0.5, 0.6) is 0 Å². The van der Waals surface area contributed by atoms with E-state index < -0.39 is 43.7 Å².